The third-order valence-corrected chi connectivity index (χ3v) is 5.75. The second-order valence-corrected chi connectivity index (χ2v) is 8.50. The summed E-state index contributed by atoms with van der Waals surface area (Å²) >= 11 is 0. The molecular weight excluding hydrogens is 406 g/mol. The van der Waals surface area contributed by atoms with Crippen LogP contribution in [0.1, 0.15) is 56.3 Å². The average Bonchev–Trinajstić information content (AvgIpc) is 3.03. The highest BCUT2D eigenvalue weighted by molar-refractivity contribution is 6.46. The number of aliphatic hydroxyl groups excluding tert-OH is 1. The number of amides is 1. The lowest BCUT2D eigenvalue weighted by Gasteiger charge is -2.25. The highest BCUT2D eigenvalue weighted by atomic mass is 16.5. The number of fused-ring (bicyclic) bond motifs is 1. The van der Waals surface area contributed by atoms with Crippen molar-refractivity contribution in [2.45, 2.75) is 52.2 Å². The quantitative estimate of drug-likeness (QED) is 0.407. The number of hydrogen-bond acceptors (Lipinski definition) is 5. The summed E-state index contributed by atoms with van der Waals surface area (Å²) in [6.45, 7) is 6.96. The minimum atomic E-state index is -0.655. The maximum Gasteiger partial charge on any atom is 0.295 e. The zero-order valence-corrected chi connectivity index (χ0v) is 18.8. The van der Waals surface area contributed by atoms with Gasteiger partial charge < -0.3 is 19.5 Å². The van der Waals surface area contributed by atoms with Gasteiger partial charge in [0.2, 0.25) is 0 Å². The lowest BCUT2D eigenvalue weighted by atomic mass is 9.94. The average molecular weight is 436 g/mol. The molecule has 32 heavy (non-hydrogen) atoms. The summed E-state index contributed by atoms with van der Waals surface area (Å²) < 4.78 is 11.4. The van der Waals surface area contributed by atoms with Gasteiger partial charge in [0, 0.05) is 12.1 Å². The predicted molar refractivity (Wildman–Crippen MR) is 122 cm³/mol. The lowest BCUT2D eigenvalue weighted by Crippen LogP contribution is -2.30. The molecule has 0 bridgehead atoms. The molecule has 6 nitrogen and oxygen atoms in total. The summed E-state index contributed by atoms with van der Waals surface area (Å²) in [5.41, 5.74) is 2.40. The standard InChI is InChI=1S/C26H29NO5/c1-4-13-27-23(17-7-10-20(11-8-17)32-16(2)3)22(25(29)26(27)30)24(28)19-9-12-21-18(15-19)6-5-14-31-21/h7-12,15-16,23,28H,4-6,13-14H2,1-3H3/b24-22-. The van der Waals surface area contributed by atoms with Crippen LogP contribution < -0.4 is 9.47 Å². The molecule has 2 aliphatic heterocycles. The first-order chi connectivity index (χ1) is 15.4. The molecule has 1 saturated heterocycles. The Kier molecular flexibility index (Phi) is 6.21. The smallest absolute Gasteiger partial charge is 0.295 e. The van der Waals surface area contributed by atoms with Gasteiger partial charge in [0.05, 0.1) is 24.3 Å². The molecule has 0 spiro atoms. The number of ketones is 1. The maximum absolute atomic E-state index is 13.0. The van der Waals surface area contributed by atoms with Gasteiger partial charge in [-0.3, -0.25) is 9.59 Å². The molecular formula is C26H29NO5. The Morgan fingerprint density at radius 1 is 1.19 bits per heavy atom. The number of ether oxygens (including phenoxy) is 2. The minimum Gasteiger partial charge on any atom is -0.507 e. The van der Waals surface area contributed by atoms with Gasteiger partial charge in [-0.05, 0) is 74.6 Å². The highest BCUT2D eigenvalue weighted by Gasteiger charge is 2.45. The van der Waals surface area contributed by atoms with Gasteiger partial charge in [0.1, 0.15) is 17.3 Å². The Morgan fingerprint density at radius 3 is 2.62 bits per heavy atom. The van der Waals surface area contributed by atoms with Crippen LogP contribution >= 0.6 is 0 Å². The van der Waals surface area contributed by atoms with E-state index in [0.717, 1.165) is 29.7 Å². The van der Waals surface area contributed by atoms with E-state index in [9.17, 15) is 14.7 Å². The van der Waals surface area contributed by atoms with E-state index in [1.54, 1.807) is 11.0 Å². The number of carbonyl (C=O) groups excluding carboxylic acids is 2. The fourth-order valence-corrected chi connectivity index (χ4v) is 4.36. The minimum absolute atomic E-state index is 0.0413. The topological polar surface area (TPSA) is 76.1 Å². The van der Waals surface area contributed by atoms with Crippen molar-refractivity contribution in [3.8, 4) is 11.5 Å². The molecule has 2 aromatic rings. The van der Waals surface area contributed by atoms with Gasteiger partial charge in [-0.1, -0.05) is 19.1 Å². The zero-order valence-electron chi connectivity index (χ0n) is 18.8. The maximum atomic E-state index is 13.0. The lowest BCUT2D eigenvalue weighted by molar-refractivity contribution is -0.139. The van der Waals surface area contributed by atoms with Crippen molar-refractivity contribution in [1.82, 2.24) is 4.90 Å². The molecule has 0 saturated carbocycles. The molecule has 0 aromatic heterocycles. The van der Waals surface area contributed by atoms with Crippen molar-refractivity contribution in [3.05, 3.63) is 64.7 Å². The molecule has 4 rings (SSSR count). The van der Waals surface area contributed by atoms with Crippen LogP contribution in [0.5, 0.6) is 11.5 Å². The molecule has 2 aromatic carbocycles. The predicted octanol–water partition coefficient (Wildman–Crippen LogP) is 4.63. The van der Waals surface area contributed by atoms with Gasteiger partial charge in [-0.15, -0.1) is 0 Å². The third-order valence-electron chi connectivity index (χ3n) is 5.75. The molecule has 1 fully saturated rings. The van der Waals surface area contributed by atoms with Crippen molar-refractivity contribution in [1.29, 1.82) is 0 Å². The Morgan fingerprint density at radius 2 is 1.94 bits per heavy atom. The van der Waals surface area contributed by atoms with Gasteiger partial charge in [0.25, 0.3) is 11.7 Å². The third kappa shape index (κ3) is 4.09. The van der Waals surface area contributed by atoms with E-state index in [1.165, 1.54) is 0 Å². The van der Waals surface area contributed by atoms with Crippen LogP contribution in [0.3, 0.4) is 0 Å². The molecule has 0 radical (unpaired) electrons. The molecule has 0 aliphatic carbocycles. The molecule has 168 valence electrons. The molecule has 2 aliphatic rings. The van der Waals surface area contributed by atoms with E-state index in [1.807, 2.05) is 57.2 Å². The van der Waals surface area contributed by atoms with Crippen LogP contribution in [0.2, 0.25) is 0 Å². The van der Waals surface area contributed by atoms with Crippen molar-refractivity contribution in [2.24, 2.45) is 0 Å². The number of benzene rings is 2. The fraction of sp³-hybridized carbons (Fsp3) is 0.385. The first kappa shape index (κ1) is 21.9. The number of hydrogen-bond donors (Lipinski definition) is 1. The number of likely N-dealkylation sites (tertiary alicyclic amines) is 1. The number of nitrogens with zero attached hydrogens (tertiary/aromatic N) is 1. The van der Waals surface area contributed by atoms with E-state index < -0.39 is 17.7 Å². The Hall–Kier alpha value is -3.28. The van der Waals surface area contributed by atoms with Crippen molar-refractivity contribution in [3.63, 3.8) is 0 Å². The number of carbonyl (C=O) groups is 2. The first-order valence-electron chi connectivity index (χ1n) is 11.2. The number of aryl methyl sites for hydroxylation is 1. The number of aliphatic hydroxyl groups is 1. The molecule has 2 heterocycles. The molecule has 1 N–H and O–H groups in total. The molecule has 1 atom stereocenters. The van der Waals surface area contributed by atoms with E-state index in [4.69, 9.17) is 9.47 Å². The van der Waals surface area contributed by atoms with Crippen LogP contribution in [-0.4, -0.2) is 41.0 Å². The van der Waals surface area contributed by atoms with Crippen molar-refractivity contribution < 1.29 is 24.2 Å². The molecule has 6 heteroatoms. The van der Waals surface area contributed by atoms with Gasteiger partial charge in [0.15, 0.2) is 0 Å². The monoisotopic (exact) mass is 435 g/mol. The Labute approximate surface area is 188 Å². The van der Waals surface area contributed by atoms with Gasteiger partial charge in [-0.2, -0.15) is 0 Å². The summed E-state index contributed by atoms with van der Waals surface area (Å²) in [7, 11) is 0. The summed E-state index contributed by atoms with van der Waals surface area (Å²) in [5.74, 6) is 0.130. The summed E-state index contributed by atoms with van der Waals surface area (Å²) in [6.07, 6.45) is 2.50. The molecule has 1 amide bonds. The second-order valence-electron chi connectivity index (χ2n) is 8.50. The van der Waals surface area contributed by atoms with E-state index in [2.05, 4.69) is 0 Å². The van der Waals surface area contributed by atoms with E-state index in [0.29, 0.717) is 30.9 Å². The molecule has 1 unspecified atom stereocenters. The van der Waals surface area contributed by atoms with Crippen LogP contribution in [0.15, 0.2) is 48.0 Å². The zero-order chi connectivity index (χ0) is 22.8. The van der Waals surface area contributed by atoms with Gasteiger partial charge >= 0.3 is 0 Å². The summed E-state index contributed by atoms with van der Waals surface area (Å²) in [6, 6.07) is 12.1. The van der Waals surface area contributed by atoms with E-state index in [-0.39, 0.29) is 17.4 Å². The van der Waals surface area contributed by atoms with Crippen LogP contribution in [0, 0.1) is 0 Å². The fourth-order valence-electron chi connectivity index (χ4n) is 4.36. The van der Waals surface area contributed by atoms with Crippen LogP contribution in [0.25, 0.3) is 5.76 Å². The van der Waals surface area contributed by atoms with E-state index >= 15 is 0 Å². The second kappa shape index (κ2) is 9.07. The normalized spacial score (nSPS) is 19.8. The highest BCUT2D eigenvalue weighted by Crippen LogP contribution is 2.40. The largest absolute Gasteiger partial charge is 0.507 e. The number of rotatable bonds is 6. The van der Waals surface area contributed by atoms with Crippen molar-refractivity contribution in [2.75, 3.05) is 13.2 Å². The van der Waals surface area contributed by atoms with Crippen LogP contribution in [0.4, 0.5) is 0 Å². The van der Waals surface area contributed by atoms with Gasteiger partial charge in [-0.25, -0.2) is 0 Å². The Bertz CT molecular complexity index is 1050. The number of Topliss-reactive ketones (excluding diaryl/α,β-unsaturated/α-hetero) is 1. The summed E-state index contributed by atoms with van der Waals surface area (Å²) in [5, 5.41) is 11.2. The van der Waals surface area contributed by atoms with Crippen LogP contribution in [-0.2, 0) is 16.0 Å². The SMILES string of the molecule is CCCN1C(=O)C(=O)/C(=C(\O)c2ccc3c(c2)CCCO3)C1c1ccc(OC(C)C)cc1. The first-order valence-corrected chi connectivity index (χ1v) is 11.2. The van der Waals surface area contributed by atoms with Crippen molar-refractivity contribution >= 4 is 17.4 Å². The summed E-state index contributed by atoms with van der Waals surface area (Å²) in [4.78, 5) is 27.4. The Balaban J connectivity index is 1.79.